The number of aliphatic hydroxyl groups is 1. The lowest BCUT2D eigenvalue weighted by Crippen LogP contribution is -2.12. The summed E-state index contributed by atoms with van der Waals surface area (Å²) in [7, 11) is 0. The van der Waals surface area contributed by atoms with E-state index < -0.39 is 6.10 Å². The molecule has 0 aromatic heterocycles. The fourth-order valence-corrected chi connectivity index (χ4v) is 3.21. The van der Waals surface area contributed by atoms with Gasteiger partial charge in [0.1, 0.15) is 5.82 Å². The number of halogens is 1. The van der Waals surface area contributed by atoms with Crippen molar-refractivity contribution in [2.45, 2.75) is 19.4 Å². The zero-order chi connectivity index (χ0) is 10.8. The standard InChI is InChI=1S/C12H15FOS/c1-8-6-9(2-3-11(8)13)12(14)10-4-5-15-7-10/h2-3,6,10,12,14H,4-5,7H2,1H3. The molecule has 2 atom stereocenters. The number of aliphatic hydroxyl groups excluding tert-OH is 1. The highest BCUT2D eigenvalue weighted by Gasteiger charge is 2.25. The summed E-state index contributed by atoms with van der Waals surface area (Å²) in [5.74, 6) is 2.27. The molecule has 15 heavy (non-hydrogen) atoms. The smallest absolute Gasteiger partial charge is 0.126 e. The van der Waals surface area contributed by atoms with Crippen molar-refractivity contribution < 1.29 is 9.50 Å². The van der Waals surface area contributed by atoms with E-state index >= 15 is 0 Å². The Kier molecular flexibility index (Phi) is 3.32. The van der Waals surface area contributed by atoms with Gasteiger partial charge in [-0.1, -0.05) is 12.1 Å². The van der Waals surface area contributed by atoms with Crippen molar-refractivity contribution in [1.29, 1.82) is 0 Å². The Hall–Kier alpha value is -0.540. The van der Waals surface area contributed by atoms with Crippen LogP contribution in [-0.4, -0.2) is 16.6 Å². The Bertz CT molecular complexity index is 347. The fourth-order valence-electron chi connectivity index (χ4n) is 1.93. The van der Waals surface area contributed by atoms with Crippen molar-refractivity contribution >= 4 is 11.8 Å². The first-order chi connectivity index (χ1) is 7.18. The second-order valence-electron chi connectivity index (χ2n) is 4.08. The van der Waals surface area contributed by atoms with Crippen molar-refractivity contribution in [2.24, 2.45) is 5.92 Å². The molecular formula is C12H15FOS. The predicted octanol–water partition coefficient (Wildman–Crippen LogP) is 2.92. The zero-order valence-electron chi connectivity index (χ0n) is 8.74. The Balaban J connectivity index is 2.17. The van der Waals surface area contributed by atoms with E-state index in [1.54, 1.807) is 19.1 Å². The Labute approximate surface area is 93.7 Å². The molecule has 82 valence electrons. The molecule has 0 saturated carbocycles. The van der Waals surface area contributed by atoms with Gasteiger partial charge in [-0.2, -0.15) is 11.8 Å². The fraction of sp³-hybridized carbons (Fsp3) is 0.500. The first kappa shape index (κ1) is 11.0. The first-order valence-corrected chi connectivity index (χ1v) is 6.36. The maximum atomic E-state index is 13.1. The van der Waals surface area contributed by atoms with E-state index in [9.17, 15) is 9.50 Å². The Morgan fingerprint density at radius 2 is 2.33 bits per heavy atom. The van der Waals surface area contributed by atoms with E-state index in [2.05, 4.69) is 0 Å². The van der Waals surface area contributed by atoms with Crippen molar-refractivity contribution in [1.82, 2.24) is 0 Å². The Morgan fingerprint density at radius 1 is 1.53 bits per heavy atom. The summed E-state index contributed by atoms with van der Waals surface area (Å²) in [5, 5.41) is 10.1. The van der Waals surface area contributed by atoms with E-state index in [1.165, 1.54) is 6.07 Å². The van der Waals surface area contributed by atoms with Gasteiger partial charge < -0.3 is 5.11 Å². The normalized spacial score (nSPS) is 23.0. The molecule has 1 aliphatic heterocycles. The van der Waals surface area contributed by atoms with E-state index in [0.717, 1.165) is 23.5 Å². The molecule has 2 rings (SSSR count). The molecule has 1 saturated heterocycles. The Morgan fingerprint density at radius 3 is 2.93 bits per heavy atom. The number of hydrogen-bond donors (Lipinski definition) is 1. The summed E-state index contributed by atoms with van der Waals surface area (Å²) in [6.45, 7) is 1.73. The molecule has 0 bridgehead atoms. The highest BCUT2D eigenvalue weighted by Crippen LogP contribution is 2.34. The number of benzene rings is 1. The van der Waals surface area contributed by atoms with Crippen molar-refractivity contribution in [3.63, 3.8) is 0 Å². The predicted molar refractivity (Wildman–Crippen MR) is 61.5 cm³/mol. The minimum absolute atomic E-state index is 0.202. The lowest BCUT2D eigenvalue weighted by Gasteiger charge is -2.17. The van der Waals surface area contributed by atoms with Crippen LogP contribution in [0.25, 0.3) is 0 Å². The molecule has 1 N–H and O–H groups in total. The highest BCUT2D eigenvalue weighted by molar-refractivity contribution is 7.99. The van der Waals surface area contributed by atoms with Gasteiger partial charge >= 0.3 is 0 Å². The van der Waals surface area contributed by atoms with Crippen LogP contribution in [0.5, 0.6) is 0 Å². The molecule has 0 spiro atoms. The minimum atomic E-state index is -0.431. The van der Waals surface area contributed by atoms with E-state index in [1.807, 2.05) is 11.8 Å². The maximum Gasteiger partial charge on any atom is 0.126 e. The summed E-state index contributed by atoms with van der Waals surface area (Å²) in [5.41, 5.74) is 1.46. The van der Waals surface area contributed by atoms with E-state index in [0.29, 0.717) is 11.5 Å². The third-order valence-electron chi connectivity index (χ3n) is 2.93. The molecule has 1 aliphatic rings. The molecule has 1 aromatic rings. The summed E-state index contributed by atoms with van der Waals surface area (Å²) in [4.78, 5) is 0. The van der Waals surface area contributed by atoms with E-state index in [4.69, 9.17) is 0 Å². The van der Waals surface area contributed by atoms with E-state index in [-0.39, 0.29) is 5.82 Å². The topological polar surface area (TPSA) is 20.2 Å². The maximum absolute atomic E-state index is 13.1. The molecule has 1 heterocycles. The van der Waals surface area contributed by atoms with Crippen LogP contribution in [-0.2, 0) is 0 Å². The molecule has 2 unspecified atom stereocenters. The number of hydrogen-bond acceptors (Lipinski definition) is 2. The van der Waals surface area contributed by atoms with Crippen LogP contribution in [0, 0.1) is 18.7 Å². The molecule has 1 nitrogen and oxygen atoms in total. The quantitative estimate of drug-likeness (QED) is 0.836. The molecule has 1 fully saturated rings. The third kappa shape index (κ3) is 2.34. The molecule has 3 heteroatoms. The van der Waals surface area contributed by atoms with Crippen molar-refractivity contribution in [3.8, 4) is 0 Å². The lowest BCUT2D eigenvalue weighted by molar-refractivity contribution is 0.121. The van der Waals surface area contributed by atoms with Crippen molar-refractivity contribution in [3.05, 3.63) is 35.1 Å². The number of thioether (sulfide) groups is 1. The van der Waals surface area contributed by atoms with Crippen LogP contribution < -0.4 is 0 Å². The second-order valence-corrected chi connectivity index (χ2v) is 5.23. The van der Waals surface area contributed by atoms with Gasteiger partial charge in [0.2, 0.25) is 0 Å². The van der Waals surface area contributed by atoms with Gasteiger partial charge in [0, 0.05) is 0 Å². The summed E-state index contributed by atoms with van der Waals surface area (Å²) in [6.07, 6.45) is 0.627. The van der Waals surface area contributed by atoms with Crippen LogP contribution in [0.4, 0.5) is 4.39 Å². The zero-order valence-corrected chi connectivity index (χ0v) is 9.56. The lowest BCUT2D eigenvalue weighted by atomic mass is 9.94. The van der Waals surface area contributed by atoms with Crippen molar-refractivity contribution in [2.75, 3.05) is 11.5 Å². The molecule has 1 aromatic carbocycles. The second kappa shape index (κ2) is 4.54. The molecule has 0 radical (unpaired) electrons. The van der Waals surface area contributed by atoms with Gasteiger partial charge in [0.15, 0.2) is 0 Å². The number of rotatable bonds is 2. The van der Waals surface area contributed by atoms with Gasteiger partial charge in [-0.3, -0.25) is 0 Å². The average Bonchev–Trinajstić information content (AvgIpc) is 2.74. The number of aryl methyl sites for hydroxylation is 1. The van der Waals surface area contributed by atoms with Crippen LogP contribution in [0.3, 0.4) is 0 Å². The minimum Gasteiger partial charge on any atom is -0.388 e. The highest BCUT2D eigenvalue weighted by atomic mass is 32.2. The SMILES string of the molecule is Cc1cc(C(O)C2CCSC2)ccc1F. The van der Waals surface area contributed by atoms with Gasteiger partial charge in [-0.05, 0) is 48.0 Å². The molecule has 0 amide bonds. The van der Waals surface area contributed by atoms with Crippen LogP contribution in [0.2, 0.25) is 0 Å². The van der Waals surface area contributed by atoms with Gasteiger partial charge in [-0.25, -0.2) is 4.39 Å². The monoisotopic (exact) mass is 226 g/mol. The third-order valence-corrected chi connectivity index (χ3v) is 4.12. The van der Waals surface area contributed by atoms with Gasteiger partial charge in [0.05, 0.1) is 6.10 Å². The summed E-state index contributed by atoms with van der Waals surface area (Å²) >= 11 is 1.88. The molecule has 0 aliphatic carbocycles. The van der Waals surface area contributed by atoms with Gasteiger partial charge in [-0.15, -0.1) is 0 Å². The van der Waals surface area contributed by atoms with Gasteiger partial charge in [0.25, 0.3) is 0 Å². The van der Waals surface area contributed by atoms with Crippen LogP contribution in [0.1, 0.15) is 23.7 Å². The first-order valence-electron chi connectivity index (χ1n) is 5.20. The summed E-state index contributed by atoms with van der Waals surface area (Å²) < 4.78 is 13.1. The summed E-state index contributed by atoms with van der Waals surface area (Å²) in [6, 6.07) is 4.88. The largest absolute Gasteiger partial charge is 0.388 e. The van der Waals surface area contributed by atoms with Crippen LogP contribution >= 0.6 is 11.8 Å². The van der Waals surface area contributed by atoms with Crippen LogP contribution in [0.15, 0.2) is 18.2 Å². The molecular weight excluding hydrogens is 211 g/mol. The average molecular weight is 226 g/mol.